The molecule has 0 aliphatic heterocycles. The molecule has 0 saturated heterocycles. The van der Waals surface area contributed by atoms with Crippen molar-refractivity contribution in [3.8, 4) is 0 Å². The largest absolute Gasteiger partial charge is 0.331 e. The maximum absolute atomic E-state index is 2.28. The van der Waals surface area contributed by atoms with Gasteiger partial charge in [0.15, 0.2) is 0 Å². The van der Waals surface area contributed by atoms with Gasteiger partial charge in [-0.3, -0.25) is 0 Å². The summed E-state index contributed by atoms with van der Waals surface area (Å²) in [7, 11) is 0. The van der Waals surface area contributed by atoms with E-state index < -0.39 is 0 Å². The van der Waals surface area contributed by atoms with Gasteiger partial charge in [-0.05, 0) is 34.6 Å². The predicted molar refractivity (Wildman–Crippen MR) is 53.1 cm³/mol. The zero-order valence-corrected chi connectivity index (χ0v) is 9.36. The molecular formula is C10H26N+. The summed E-state index contributed by atoms with van der Waals surface area (Å²) in [6, 6.07) is 1.55. The minimum atomic E-state index is 0.773. The van der Waals surface area contributed by atoms with Crippen LogP contribution in [0.4, 0.5) is 0 Å². The second-order valence-electron chi connectivity index (χ2n) is 3.24. The summed E-state index contributed by atoms with van der Waals surface area (Å²) in [5.41, 5.74) is 0. The lowest BCUT2D eigenvalue weighted by Crippen LogP contribution is -3.17. The van der Waals surface area contributed by atoms with Crippen molar-refractivity contribution in [3.63, 3.8) is 0 Å². The average molecular weight is 160 g/mol. The van der Waals surface area contributed by atoms with Crippen molar-refractivity contribution in [1.82, 2.24) is 0 Å². The van der Waals surface area contributed by atoms with Crippen LogP contribution in [0.2, 0.25) is 0 Å². The third-order valence-electron chi connectivity index (χ3n) is 1.89. The molecule has 0 amide bonds. The number of rotatable bonds is 3. The molecule has 0 aliphatic rings. The normalized spacial score (nSPS) is 10.4. The Balaban J connectivity index is 0. The Hall–Kier alpha value is -0.0400. The third kappa shape index (κ3) is 6.36. The van der Waals surface area contributed by atoms with E-state index >= 15 is 0 Å². The van der Waals surface area contributed by atoms with E-state index in [0.717, 1.165) is 12.1 Å². The van der Waals surface area contributed by atoms with E-state index in [1.165, 1.54) is 6.54 Å². The second-order valence-corrected chi connectivity index (χ2v) is 3.24. The number of nitrogens with one attached hydrogen (secondary N) is 1. The molecule has 0 aromatic carbocycles. The van der Waals surface area contributed by atoms with Gasteiger partial charge in [-0.25, -0.2) is 0 Å². The fourth-order valence-corrected chi connectivity index (χ4v) is 1.48. The van der Waals surface area contributed by atoms with Crippen LogP contribution in [0.3, 0.4) is 0 Å². The smallest absolute Gasteiger partial charge is 0.0819 e. The van der Waals surface area contributed by atoms with Gasteiger partial charge in [0.25, 0.3) is 0 Å². The maximum atomic E-state index is 2.28. The average Bonchev–Trinajstić information content (AvgIpc) is 1.91. The molecule has 0 aromatic rings. The van der Waals surface area contributed by atoms with Gasteiger partial charge in [-0.15, -0.1) is 0 Å². The van der Waals surface area contributed by atoms with Crippen LogP contribution < -0.4 is 4.90 Å². The Morgan fingerprint density at radius 3 is 1.18 bits per heavy atom. The molecule has 0 saturated carbocycles. The SMILES string of the molecule is CC.CC[NH+](C(C)C)C(C)C. The monoisotopic (exact) mass is 160 g/mol. The standard InChI is InChI=1S/C8H19N.C2H6/c1-6-9(7(2)3)8(4)5;1-2/h7-8H,6H2,1-5H3;1-2H3/p+1. The molecule has 0 aliphatic carbocycles. The first kappa shape index (κ1) is 13.5. The quantitative estimate of drug-likeness (QED) is 0.641. The molecule has 0 unspecified atom stereocenters. The Kier molecular flexibility index (Phi) is 9.92. The van der Waals surface area contributed by atoms with E-state index in [4.69, 9.17) is 0 Å². The fraction of sp³-hybridized carbons (Fsp3) is 1.00. The molecule has 0 heterocycles. The molecule has 0 aromatic heterocycles. The molecule has 0 atom stereocenters. The molecule has 70 valence electrons. The van der Waals surface area contributed by atoms with Crippen molar-refractivity contribution in [2.75, 3.05) is 6.54 Å². The summed E-state index contributed by atoms with van der Waals surface area (Å²) < 4.78 is 0. The van der Waals surface area contributed by atoms with Crippen LogP contribution in [0.15, 0.2) is 0 Å². The molecular weight excluding hydrogens is 134 g/mol. The molecule has 0 fully saturated rings. The van der Waals surface area contributed by atoms with E-state index in [1.807, 2.05) is 13.8 Å². The van der Waals surface area contributed by atoms with Crippen LogP contribution in [-0.4, -0.2) is 18.6 Å². The topological polar surface area (TPSA) is 4.44 Å². The van der Waals surface area contributed by atoms with Crippen LogP contribution in [0.1, 0.15) is 48.5 Å². The third-order valence-corrected chi connectivity index (χ3v) is 1.89. The molecule has 0 radical (unpaired) electrons. The van der Waals surface area contributed by atoms with Crippen molar-refractivity contribution < 1.29 is 4.90 Å². The van der Waals surface area contributed by atoms with E-state index in [9.17, 15) is 0 Å². The fourth-order valence-electron chi connectivity index (χ4n) is 1.48. The van der Waals surface area contributed by atoms with Crippen LogP contribution >= 0.6 is 0 Å². The summed E-state index contributed by atoms with van der Waals surface area (Å²) in [6.07, 6.45) is 0. The van der Waals surface area contributed by atoms with Gasteiger partial charge >= 0.3 is 0 Å². The summed E-state index contributed by atoms with van der Waals surface area (Å²) >= 11 is 0. The molecule has 0 rings (SSSR count). The van der Waals surface area contributed by atoms with Gasteiger partial charge in [-0.1, -0.05) is 13.8 Å². The highest BCUT2D eigenvalue weighted by molar-refractivity contribution is 4.38. The zero-order valence-electron chi connectivity index (χ0n) is 9.36. The first-order chi connectivity index (χ1) is 5.09. The van der Waals surface area contributed by atoms with Gasteiger partial charge in [0.05, 0.1) is 18.6 Å². The Bertz CT molecular complexity index is 59.3. The highest BCUT2D eigenvalue weighted by Crippen LogP contribution is 1.74. The lowest BCUT2D eigenvalue weighted by Gasteiger charge is -2.25. The van der Waals surface area contributed by atoms with Gasteiger partial charge in [0, 0.05) is 0 Å². The predicted octanol–water partition coefficient (Wildman–Crippen LogP) is 1.73. The first-order valence-corrected chi connectivity index (χ1v) is 4.95. The van der Waals surface area contributed by atoms with Crippen molar-refractivity contribution in [1.29, 1.82) is 0 Å². The minimum Gasteiger partial charge on any atom is -0.331 e. The lowest BCUT2D eigenvalue weighted by molar-refractivity contribution is -0.940. The van der Waals surface area contributed by atoms with Crippen LogP contribution in [0, 0.1) is 0 Å². The minimum absolute atomic E-state index is 0.773. The summed E-state index contributed by atoms with van der Waals surface area (Å²) in [5, 5.41) is 0. The highest BCUT2D eigenvalue weighted by Gasteiger charge is 2.12. The van der Waals surface area contributed by atoms with E-state index in [-0.39, 0.29) is 0 Å². The van der Waals surface area contributed by atoms with Crippen molar-refractivity contribution in [2.45, 2.75) is 60.5 Å². The van der Waals surface area contributed by atoms with Crippen molar-refractivity contribution in [2.24, 2.45) is 0 Å². The molecule has 11 heavy (non-hydrogen) atoms. The van der Waals surface area contributed by atoms with E-state index in [0.29, 0.717) is 0 Å². The van der Waals surface area contributed by atoms with Gasteiger partial charge in [0.2, 0.25) is 0 Å². The highest BCUT2D eigenvalue weighted by atomic mass is 15.2. The van der Waals surface area contributed by atoms with Gasteiger partial charge in [0.1, 0.15) is 0 Å². The van der Waals surface area contributed by atoms with Crippen LogP contribution in [-0.2, 0) is 0 Å². The molecule has 0 spiro atoms. The van der Waals surface area contributed by atoms with Crippen LogP contribution in [0.25, 0.3) is 0 Å². The number of hydrogen-bond donors (Lipinski definition) is 1. The number of quaternary nitrogens is 1. The molecule has 1 nitrogen and oxygen atoms in total. The molecule has 0 bridgehead atoms. The second kappa shape index (κ2) is 8.06. The summed E-state index contributed by atoms with van der Waals surface area (Å²) in [5.74, 6) is 0. The van der Waals surface area contributed by atoms with Crippen molar-refractivity contribution in [3.05, 3.63) is 0 Å². The van der Waals surface area contributed by atoms with Crippen molar-refractivity contribution >= 4 is 0 Å². The Morgan fingerprint density at radius 1 is 0.909 bits per heavy atom. The summed E-state index contributed by atoms with van der Waals surface area (Å²) in [4.78, 5) is 1.69. The Labute approximate surface area is 72.8 Å². The lowest BCUT2D eigenvalue weighted by atomic mass is 10.2. The summed E-state index contributed by atoms with van der Waals surface area (Å²) in [6.45, 7) is 16.6. The number of hydrogen-bond acceptors (Lipinski definition) is 0. The van der Waals surface area contributed by atoms with E-state index in [1.54, 1.807) is 4.90 Å². The zero-order chi connectivity index (χ0) is 9.44. The Morgan fingerprint density at radius 2 is 1.18 bits per heavy atom. The van der Waals surface area contributed by atoms with E-state index in [2.05, 4.69) is 34.6 Å². The van der Waals surface area contributed by atoms with Crippen LogP contribution in [0.5, 0.6) is 0 Å². The molecule has 1 heteroatoms. The molecule has 1 N–H and O–H groups in total. The first-order valence-electron chi connectivity index (χ1n) is 4.95. The maximum Gasteiger partial charge on any atom is 0.0819 e. The van der Waals surface area contributed by atoms with Gasteiger partial charge < -0.3 is 4.90 Å². The van der Waals surface area contributed by atoms with Gasteiger partial charge in [-0.2, -0.15) is 0 Å².